The van der Waals surface area contributed by atoms with Crippen LogP contribution in [0.15, 0.2) is 34.9 Å². The highest BCUT2D eigenvalue weighted by atomic mass is 16.5. The van der Waals surface area contributed by atoms with Gasteiger partial charge in [0.05, 0.1) is 6.61 Å². The molecule has 0 fully saturated rings. The van der Waals surface area contributed by atoms with E-state index in [1.165, 1.54) is 0 Å². The summed E-state index contributed by atoms with van der Waals surface area (Å²) in [5.41, 5.74) is 2.73. The van der Waals surface area contributed by atoms with Crippen LogP contribution in [0.25, 0.3) is 11.3 Å². The molecule has 0 amide bonds. The van der Waals surface area contributed by atoms with Gasteiger partial charge >= 0.3 is 0 Å². The van der Waals surface area contributed by atoms with Gasteiger partial charge in [-0.1, -0.05) is 29.4 Å². The van der Waals surface area contributed by atoms with Crippen LogP contribution in [-0.4, -0.2) is 17.4 Å². The van der Waals surface area contributed by atoms with E-state index in [4.69, 9.17) is 14.4 Å². The molecule has 1 aromatic heterocycles. The van der Waals surface area contributed by atoms with Gasteiger partial charge in [-0.05, 0) is 5.56 Å². The van der Waals surface area contributed by atoms with Crippen molar-refractivity contribution in [1.82, 2.24) is 5.16 Å². The molecule has 0 bridgehead atoms. The highest BCUT2D eigenvalue weighted by Gasteiger charge is 2.09. The van der Waals surface area contributed by atoms with Crippen molar-refractivity contribution in [3.8, 4) is 11.3 Å². The van der Waals surface area contributed by atoms with E-state index in [0.29, 0.717) is 12.4 Å². The molecule has 0 unspecified atom stereocenters. The molecule has 16 heavy (non-hydrogen) atoms. The Balaban J connectivity index is 2.38. The molecule has 0 aliphatic carbocycles. The van der Waals surface area contributed by atoms with Gasteiger partial charge in [0.25, 0.3) is 0 Å². The van der Waals surface area contributed by atoms with Gasteiger partial charge in [0.15, 0.2) is 5.76 Å². The number of hydrogen-bond donors (Lipinski definition) is 1. The standard InChI is InChI=1S/C12H13NO3/c1-15-8-9-4-2-3-5-11(9)12-6-10(7-14)16-13-12/h2-6,14H,7-8H2,1H3. The van der Waals surface area contributed by atoms with E-state index in [9.17, 15) is 0 Å². The van der Waals surface area contributed by atoms with Crippen molar-refractivity contribution in [3.05, 3.63) is 41.7 Å². The second-order valence-electron chi connectivity index (χ2n) is 3.43. The molecule has 0 aliphatic heterocycles. The van der Waals surface area contributed by atoms with Crippen molar-refractivity contribution in [3.63, 3.8) is 0 Å². The van der Waals surface area contributed by atoms with Crippen molar-refractivity contribution in [2.45, 2.75) is 13.2 Å². The first-order valence-corrected chi connectivity index (χ1v) is 4.99. The molecule has 0 aliphatic rings. The summed E-state index contributed by atoms with van der Waals surface area (Å²) in [6, 6.07) is 9.54. The quantitative estimate of drug-likeness (QED) is 0.854. The van der Waals surface area contributed by atoms with Crippen LogP contribution in [0.4, 0.5) is 0 Å². The monoisotopic (exact) mass is 219 g/mol. The Labute approximate surface area is 93.5 Å². The summed E-state index contributed by atoms with van der Waals surface area (Å²) in [5.74, 6) is 0.460. The SMILES string of the molecule is COCc1ccccc1-c1cc(CO)on1. The summed E-state index contributed by atoms with van der Waals surface area (Å²) in [6.07, 6.45) is 0. The lowest BCUT2D eigenvalue weighted by molar-refractivity contribution is 0.185. The van der Waals surface area contributed by atoms with Gasteiger partial charge in [-0.2, -0.15) is 0 Å². The molecule has 1 aromatic carbocycles. The van der Waals surface area contributed by atoms with Gasteiger partial charge in [0, 0.05) is 18.7 Å². The van der Waals surface area contributed by atoms with Gasteiger partial charge in [0.1, 0.15) is 12.3 Å². The Morgan fingerprint density at radius 2 is 2.19 bits per heavy atom. The molecule has 84 valence electrons. The maximum atomic E-state index is 8.91. The summed E-state index contributed by atoms with van der Waals surface area (Å²) in [4.78, 5) is 0. The number of methoxy groups -OCH3 is 1. The molecule has 4 nitrogen and oxygen atoms in total. The first kappa shape index (κ1) is 10.9. The zero-order chi connectivity index (χ0) is 11.4. The number of rotatable bonds is 4. The zero-order valence-corrected chi connectivity index (χ0v) is 9.01. The van der Waals surface area contributed by atoms with E-state index in [-0.39, 0.29) is 6.61 Å². The molecular formula is C12H13NO3. The van der Waals surface area contributed by atoms with Crippen molar-refractivity contribution < 1.29 is 14.4 Å². The van der Waals surface area contributed by atoms with Crippen LogP contribution in [0.5, 0.6) is 0 Å². The average Bonchev–Trinajstić information content (AvgIpc) is 2.79. The number of aromatic nitrogens is 1. The summed E-state index contributed by atoms with van der Waals surface area (Å²) < 4.78 is 10.1. The summed E-state index contributed by atoms with van der Waals surface area (Å²) in [6.45, 7) is 0.386. The topological polar surface area (TPSA) is 55.5 Å². The largest absolute Gasteiger partial charge is 0.388 e. The van der Waals surface area contributed by atoms with E-state index >= 15 is 0 Å². The molecular weight excluding hydrogens is 206 g/mol. The predicted octanol–water partition coefficient (Wildman–Crippen LogP) is 1.98. The van der Waals surface area contributed by atoms with Gasteiger partial charge in [0.2, 0.25) is 0 Å². The molecule has 0 atom stereocenters. The third-order valence-corrected chi connectivity index (χ3v) is 2.31. The second-order valence-corrected chi connectivity index (χ2v) is 3.43. The van der Waals surface area contributed by atoms with Crippen molar-refractivity contribution in [2.75, 3.05) is 7.11 Å². The fourth-order valence-electron chi connectivity index (χ4n) is 1.57. The highest BCUT2D eigenvalue weighted by molar-refractivity contribution is 5.63. The lowest BCUT2D eigenvalue weighted by Gasteiger charge is -2.04. The normalized spacial score (nSPS) is 10.6. The number of aliphatic hydroxyl groups is 1. The summed E-state index contributed by atoms with van der Waals surface area (Å²) >= 11 is 0. The second kappa shape index (κ2) is 4.92. The first-order chi connectivity index (χ1) is 7.85. The third-order valence-electron chi connectivity index (χ3n) is 2.31. The van der Waals surface area contributed by atoms with Crippen LogP contribution < -0.4 is 0 Å². The fourth-order valence-corrected chi connectivity index (χ4v) is 1.57. The van der Waals surface area contributed by atoms with Gasteiger partial charge in [-0.15, -0.1) is 0 Å². The lowest BCUT2D eigenvalue weighted by atomic mass is 10.1. The number of aliphatic hydroxyl groups excluding tert-OH is 1. The van der Waals surface area contributed by atoms with Gasteiger partial charge < -0.3 is 14.4 Å². The van der Waals surface area contributed by atoms with Crippen LogP contribution in [0, 0.1) is 0 Å². The lowest BCUT2D eigenvalue weighted by Crippen LogP contribution is -1.91. The Morgan fingerprint density at radius 3 is 2.88 bits per heavy atom. The first-order valence-electron chi connectivity index (χ1n) is 4.99. The number of ether oxygens (including phenoxy) is 1. The van der Waals surface area contributed by atoms with Gasteiger partial charge in [-0.25, -0.2) is 0 Å². The molecule has 0 radical (unpaired) electrons. The van der Waals surface area contributed by atoms with E-state index in [1.54, 1.807) is 13.2 Å². The van der Waals surface area contributed by atoms with Crippen molar-refractivity contribution in [2.24, 2.45) is 0 Å². The Bertz CT molecular complexity index is 465. The molecule has 0 saturated heterocycles. The third kappa shape index (κ3) is 2.13. The van der Waals surface area contributed by atoms with Gasteiger partial charge in [-0.3, -0.25) is 0 Å². The van der Waals surface area contributed by atoms with Crippen LogP contribution in [0.1, 0.15) is 11.3 Å². The Hall–Kier alpha value is -1.65. The molecule has 0 spiro atoms. The van der Waals surface area contributed by atoms with Crippen LogP contribution in [0.3, 0.4) is 0 Å². The molecule has 2 aromatic rings. The van der Waals surface area contributed by atoms with Crippen molar-refractivity contribution >= 4 is 0 Å². The van der Waals surface area contributed by atoms with Crippen molar-refractivity contribution in [1.29, 1.82) is 0 Å². The average molecular weight is 219 g/mol. The smallest absolute Gasteiger partial charge is 0.162 e. The maximum absolute atomic E-state index is 8.91. The Morgan fingerprint density at radius 1 is 1.38 bits per heavy atom. The van der Waals surface area contributed by atoms with Crippen LogP contribution in [0.2, 0.25) is 0 Å². The van der Waals surface area contributed by atoms with Crippen LogP contribution >= 0.6 is 0 Å². The minimum Gasteiger partial charge on any atom is -0.388 e. The Kier molecular flexibility index (Phi) is 3.34. The van der Waals surface area contributed by atoms with E-state index in [0.717, 1.165) is 16.8 Å². The number of hydrogen-bond acceptors (Lipinski definition) is 4. The fraction of sp³-hybridized carbons (Fsp3) is 0.250. The molecule has 4 heteroatoms. The minimum absolute atomic E-state index is 0.139. The number of benzene rings is 1. The number of nitrogens with zero attached hydrogens (tertiary/aromatic N) is 1. The van der Waals surface area contributed by atoms with E-state index < -0.39 is 0 Å². The molecule has 0 saturated carbocycles. The van der Waals surface area contributed by atoms with Crippen LogP contribution in [-0.2, 0) is 18.0 Å². The van der Waals surface area contributed by atoms with E-state index in [1.807, 2.05) is 24.3 Å². The molecule has 1 heterocycles. The highest BCUT2D eigenvalue weighted by Crippen LogP contribution is 2.23. The summed E-state index contributed by atoms with van der Waals surface area (Å²) in [5, 5.41) is 12.8. The predicted molar refractivity (Wildman–Crippen MR) is 58.6 cm³/mol. The summed E-state index contributed by atoms with van der Waals surface area (Å²) in [7, 11) is 1.65. The molecule has 2 rings (SSSR count). The molecule has 1 N–H and O–H groups in total. The zero-order valence-electron chi connectivity index (χ0n) is 9.01. The van der Waals surface area contributed by atoms with E-state index in [2.05, 4.69) is 5.16 Å². The maximum Gasteiger partial charge on any atom is 0.162 e. The minimum atomic E-state index is -0.139.